The molecule has 0 bridgehead atoms. The maximum absolute atomic E-state index is 14.1. The van der Waals surface area contributed by atoms with Gasteiger partial charge in [0.2, 0.25) is 5.43 Å². The third-order valence-corrected chi connectivity index (χ3v) is 7.21. The van der Waals surface area contributed by atoms with Gasteiger partial charge in [0.25, 0.3) is 5.91 Å². The lowest BCUT2D eigenvalue weighted by molar-refractivity contribution is -0.0832. The monoisotopic (exact) mass is 462 g/mol. The molecule has 0 saturated heterocycles. The predicted octanol–water partition coefficient (Wildman–Crippen LogP) is 3.17. The van der Waals surface area contributed by atoms with Crippen LogP contribution < -0.4 is 10.7 Å². The number of nitrogens with one attached hydrogen (secondary N) is 1. The molecule has 32 heavy (non-hydrogen) atoms. The Bertz CT molecular complexity index is 1180. The van der Waals surface area contributed by atoms with Gasteiger partial charge in [0.15, 0.2) is 11.5 Å². The highest BCUT2D eigenvalue weighted by Gasteiger charge is 2.56. The van der Waals surface area contributed by atoms with E-state index in [-0.39, 0.29) is 29.4 Å². The number of carbonyl (C=O) groups excluding carboxylic acids is 2. The lowest BCUT2D eigenvalue weighted by Crippen LogP contribution is -2.58. The number of benzene rings is 1. The second-order valence-electron chi connectivity index (χ2n) is 8.85. The van der Waals surface area contributed by atoms with E-state index in [1.807, 2.05) is 0 Å². The van der Waals surface area contributed by atoms with Crippen molar-refractivity contribution < 1.29 is 24.2 Å². The SMILES string of the molecule is C[C@@]12CCCCC[C@]1(O)Cn1cc(C(=O)NCc3cccc(Cl)c3F)c(=O)c(O)c1C2=O. The Hall–Kier alpha value is -2.71. The van der Waals surface area contributed by atoms with E-state index in [1.165, 1.54) is 29.0 Å². The van der Waals surface area contributed by atoms with E-state index in [0.29, 0.717) is 12.8 Å². The normalized spacial score (nSPS) is 24.9. The second kappa shape index (κ2) is 8.01. The molecule has 2 heterocycles. The number of rotatable bonds is 3. The number of fused-ring (bicyclic) bond motifs is 2. The molecule has 9 heteroatoms. The Balaban J connectivity index is 1.69. The molecule has 1 aliphatic heterocycles. The topological polar surface area (TPSA) is 109 Å². The first kappa shape index (κ1) is 22.5. The van der Waals surface area contributed by atoms with Crippen molar-refractivity contribution in [1.82, 2.24) is 9.88 Å². The lowest BCUT2D eigenvalue weighted by atomic mass is 9.64. The van der Waals surface area contributed by atoms with Crippen LogP contribution in [-0.2, 0) is 13.1 Å². The number of pyridine rings is 1. The van der Waals surface area contributed by atoms with Gasteiger partial charge in [0, 0.05) is 18.3 Å². The summed E-state index contributed by atoms with van der Waals surface area (Å²) in [6.45, 7) is 1.42. The second-order valence-corrected chi connectivity index (χ2v) is 9.25. The molecular formula is C23H24ClFN2O5. The molecule has 2 aliphatic rings. The first-order valence-corrected chi connectivity index (χ1v) is 10.9. The number of hydrogen-bond donors (Lipinski definition) is 3. The third-order valence-electron chi connectivity index (χ3n) is 6.91. The van der Waals surface area contributed by atoms with Gasteiger partial charge in [-0.15, -0.1) is 0 Å². The number of nitrogens with zero attached hydrogens (tertiary/aromatic N) is 1. The number of Topliss-reactive ketones (excluding diaryl/α,β-unsaturated/α-hetero) is 1. The molecule has 1 amide bonds. The minimum absolute atomic E-state index is 0.0262. The number of hydrogen-bond acceptors (Lipinski definition) is 5. The van der Waals surface area contributed by atoms with E-state index in [9.17, 15) is 29.0 Å². The van der Waals surface area contributed by atoms with Crippen LogP contribution >= 0.6 is 11.6 Å². The fourth-order valence-corrected chi connectivity index (χ4v) is 5.03. The molecule has 4 rings (SSSR count). The van der Waals surface area contributed by atoms with Gasteiger partial charge < -0.3 is 20.1 Å². The molecule has 170 valence electrons. The summed E-state index contributed by atoms with van der Waals surface area (Å²) in [4.78, 5) is 38.8. The quantitative estimate of drug-likeness (QED) is 0.649. The smallest absolute Gasteiger partial charge is 0.257 e. The largest absolute Gasteiger partial charge is 0.503 e. The average molecular weight is 463 g/mol. The van der Waals surface area contributed by atoms with Crippen LogP contribution in [0.5, 0.6) is 5.75 Å². The van der Waals surface area contributed by atoms with Crippen molar-refractivity contribution in [2.75, 3.05) is 0 Å². The van der Waals surface area contributed by atoms with Gasteiger partial charge in [-0.3, -0.25) is 14.4 Å². The fraction of sp³-hybridized carbons (Fsp3) is 0.435. The summed E-state index contributed by atoms with van der Waals surface area (Å²) >= 11 is 5.75. The standard InChI is InChI=1S/C23H24ClFN2O5/c1-22-8-3-2-4-9-23(22,32)12-27-11-14(18(28)19(29)17(27)20(22)30)21(31)26-10-13-6-5-7-15(24)16(13)25/h5-7,11,29,32H,2-4,8-10,12H2,1H3,(H,26,31)/t22-,23-/m0/s1. The highest BCUT2D eigenvalue weighted by atomic mass is 35.5. The summed E-state index contributed by atoms with van der Waals surface area (Å²) < 4.78 is 15.4. The van der Waals surface area contributed by atoms with Gasteiger partial charge in [-0.25, -0.2) is 4.39 Å². The summed E-state index contributed by atoms with van der Waals surface area (Å²) in [5, 5.41) is 24.3. The molecule has 0 unspecified atom stereocenters. The Kier molecular flexibility index (Phi) is 5.63. The van der Waals surface area contributed by atoms with Crippen LogP contribution in [-0.4, -0.2) is 32.1 Å². The van der Waals surface area contributed by atoms with Crippen molar-refractivity contribution in [3.8, 4) is 5.75 Å². The molecule has 1 fully saturated rings. The van der Waals surface area contributed by atoms with Crippen LogP contribution in [0.15, 0.2) is 29.2 Å². The Morgan fingerprint density at radius 1 is 1.25 bits per heavy atom. The zero-order chi connectivity index (χ0) is 23.3. The highest BCUT2D eigenvalue weighted by molar-refractivity contribution is 6.30. The van der Waals surface area contributed by atoms with Crippen molar-refractivity contribution in [3.05, 3.63) is 62.3 Å². The molecule has 0 spiro atoms. The number of aromatic nitrogens is 1. The van der Waals surface area contributed by atoms with E-state index in [2.05, 4.69) is 5.32 Å². The minimum atomic E-state index is -1.35. The zero-order valence-electron chi connectivity index (χ0n) is 17.6. The fourth-order valence-electron chi connectivity index (χ4n) is 4.83. The molecule has 1 saturated carbocycles. The van der Waals surface area contributed by atoms with Crippen molar-refractivity contribution in [2.24, 2.45) is 5.41 Å². The third kappa shape index (κ3) is 3.42. The number of aromatic hydroxyl groups is 1. The zero-order valence-corrected chi connectivity index (χ0v) is 18.3. The van der Waals surface area contributed by atoms with E-state index in [4.69, 9.17) is 11.6 Å². The average Bonchev–Trinajstić information content (AvgIpc) is 2.90. The van der Waals surface area contributed by atoms with Gasteiger partial charge in [0.05, 0.1) is 22.6 Å². The van der Waals surface area contributed by atoms with Crippen molar-refractivity contribution in [3.63, 3.8) is 0 Å². The van der Waals surface area contributed by atoms with Crippen LogP contribution in [0.2, 0.25) is 5.02 Å². The van der Waals surface area contributed by atoms with E-state index < -0.39 is 45.3 Å². The summed E-state index contributed by atoms with van der Waals surface area (Å²) in [6, 6.07) is 4.35. The highest BCUT2D eigenvalue weighted by Crippen LogP contribution is 2.49. The van der Waals surface area contributed by atoms with Crippen molar-refractivity contribution >= 4 is 23.3 Å². The number of aliphatic hydroxyl groups is 1. The first-order chi connectivity index (χ1) is 15.1. The van der Waals surface area contributed by atoms with Gasteiger partial charge in [-0.2, -0.15) is 0 Å². The number of amides is 1. The molecule has 1 aromatic carbocycles. The van der Waals surface area contributed by atoms with E-state index in [1.54, 1.807) is 6.92 Å². The number of ketones is 1. The minimum Gasteiger partial charge on any atom is -0.503 e. The Labute approximate surface area is 188 Å². The van der Waals surface area contributed by atoms with Crippen LogP contribution in [0.3, 0.4) is 0 Å². The van der Waals surface area contributed by atoms with Gasteiger partial charge in [-0.05, 0) is 25.8 Å². The maximum atomic E-state index is 14.1. The molecule has 1 aromatic heterocycles. The first-order valence-electron chi connectivity index (χ1n) is 10.5. The van der Waals surface area contributed by atoms with E-state index >= 15 is 0 Å². The lowest BCUT2D eigenvalue weighted by Gasteiger charge is -2.47. The molecule has 1 aliphatic carbocycles. The van der Waals surface area contributed by atoms with Crippen LogP contribution in [0.1, 0.15) is 65.4 Å². The summed E-state index contributed by atoms with van der Waals surface area (Å²) in [6.07, 6.45) is 4.41. The molecule has 2 atom stereocenters. The van der Waals surface area contributed by atoms with Crippen LogP contribution in [0.25, 0.3) is 0 Å². The predicted molar refractivity (Wildman–Crippen MR) is 115 cm³/mol. The summed E-state index contributed by atoms with van der Waals surface area (Å²) in [5.41, 5.74) is -3.93. The van der Waals surface area contributed by atoms with Gasteiger partial charge in [0.1, 0.15) is 17.1 Å². The number of carbonyl (C=O) groups is 2. The number of halogens is 2. The molecule has 7 nitrogen and oxygen atoms in total. The van der Waals surface area contributed by atoms with Gasteiger partial charge >= 0.3 is 0 Å². The Morgan fingerprint density at radius 2 is 1.97 bits per heavy atom. The van der Waals surface area contributed by atoms with Gasteiger partial charge in [-0.1, -0.05) is 43.0 Å². The summed E-state index contributed by atoms with van der Waals surface area (Å²) in [5.74, 6) is -2.84. The van der Waals surface area contributed by atoms with Crippen molar-refractivity contribution in [2.45, 2.75) is 57.7 Å². The Morgan fingerprint density at radius 3 is 2.72 bits per heavy atom. The van der Waals surface area contributed by atoms with Crippen molar-refractivity contribution in [1.29, 1.82) is 0 Å². The summed E-state index contributed by atoms with van der Waals surface area (Å²) in [7, 11) is 0. The molecule has 3 N–H and O–H groups in total. The van der Waals surface area contributed by atoms with Crippen LogP contribution in [0.4, 0.5) is 4.39 Å². The molecule has 0 radical (unpaired) electrons. The van der Waals surface area contributed by atoms with Crippen LogP contribution in [0, 0.1) is 11.2 Å². The molecule has 2 aromatic rings. The molecular weight excluding hydrogens is 439 g/mol. The maximum Gasteiger partial charge on any atom is 0.257 e. The van der Waals surface area contributed by atoms with E-state index in [0.717, 1.165) is 19.3 Å².